The predicted octanol–water partition coefficient (Wildman–Crippen LogP) is 1.59. The molecule has 2 aliphatic rings. The van der Waals surface area contributed by atoms with Crippen LogP contribution < -0.4 is 15.4 Å². The van der Waals surface area contributed by atoms with E-state index in [2.05, 4.69) is 10.6 Å². The molecule has 2 heterocycles. The van der Waals surface area contributed by atoms with Crippen LogP contribution in [0.25, 0.3) is 0 Å². The largest absolute Gasteiger partial charge is 0.491 e. The second kappa shape index (κ2) is 9.08. The number of rotatable bonds is 5. The maximum absolute atomic E-state index is 12.1. The Kier molecular flexibility index (Phi) is 7.11. The van der Waals surface area contributed by atoms with E-state index in [1.165, 1.54) is 0 Å². The molecule has 23 heavy (non-hydrogen) atoms. The number of hydrogen-bond donors (Lipinski definition) is 2. The van der Waals surface area contributed by atoms with Crippen molar-refractivity contribution in [3.8, 4) is 5.75 Å². The molecule has 0 saturated carbocycles. The highest BCUT2D eigenvalue weighted by Gasteiger charge is 2.21. The average Bonchev–Trinajstić information content (AvgIpc) is 3.08. The lowest BCUT2D eigenvalue weighted by atomic mass is 10.2. The lowest BCUT2D eigenvalue weighted by molar-refractivity contribution is -0.120. The number of nitrogens with one attached hydrogen (secondary N) is 2. The number of benzene rings is 1. The second-order valence-electron chi connectivity index (χ2n) is 5.54. The number of morpholine rings is 1. The van der Waals surface area contributed by atoms with Crippen molar-refractivity contribution in [1.82, 2.24) is 5.32 Å². The summed E-state index contributed by atoms with van der Waals surface area (Å²) < 4.78 is 16.5. The van der Waals surface area contributed by atoms with Crippen molar-refractivity contribution in [2.75, 3.05) is 38.3 Å². The molecule has 2 N–H and O–H groups in total. The Hall–Kier alpha value is -1.34. The minimum Gasteiger partial charge on any atom is -0.491 e. The fraction of sp³-hybridized carbons (Fsp3) is 0.562. The van der Waals surface area contributed by atoms with Gasteiger partial charge in [0.25, 0.3) is 0 Å². The van der Waals surface area contributed by atoms with Crippen LogP contribution in [-0.2, 0) is 14.3 Å². The molecule has 6 nitrogen and oxygen atoms in total. The van der Waals surface area contributed by atoms with Crippen molar-refractivity contribution >= 4 is 24.0 Å². The van der Waals surface area contributed by atoms with E-state index in [1.54, 1.807) is 0 Å². The van der Waals surface area contributed by atoms with Crippen LogP contribution >= 0.6 is 12.4 Å². The third kappa shape index (κ3) is 5.35. The number of hydrogen-bond acceptors (Lipinski definition) is 5. The maximum atomic E-state index is 12.1. The molecule has 2 atom stereocenters. The zero-order valence-corrected chi connectivity index (χ0v) is 13.8. The van der Waals surface area contributed by atoms with Gasteiger partial charge < -0.3 is 24.8 Å². The van der Waals surface area contributed by atoms with Crippen molar-refractivity contribution in [1.29, 1.82) is 0 Å². The van der Waals surface area contributed by atoms with E-state index in [4.69, 9.17) is 14.2 Å². The van der Waals surface area contributed by atoms with Gasteiger partial charge in [-0.25, -0.2) is 0 Å². The second-order valence-corrected chi connectivity index (χ2v) is 5.54. The summed E-state index contributed by atoms with van der Waals surface area (Å²) in [5.74, 6) is 0.709. The highest BCUT2D eigenvalue weighted by Crippen LogP contribution is 2.18. The Morgan fingerprint density at radius 1 is 1.30 bits per heavy atom. The molecule has 1 aromatic rings. The van der Waals surface area contributed by atoms with Crippen LogP contribution in [0.5, 0.6) is 5.75 Å². The standard InChI is InChI=1S/C16H22N2O4.ClH/c19-16(15-11-20-9-7-17-15)18-12-3-5-13(6-4-12)22-10-14-2-1-8-21-14;/h3-6,14-15,17H,1-2,7-11H2,(H,18,19);1H. The molecule has 1 amide bonds. The fourth-order valence-electron chi connectivity index (χ4n) is 2.56. The van der Waals surface area contributed by atoms with Crippen LogP contribution in [0.2, 0.25) is 0 Å². The molecule has 2 saturated heterocycles. The van der Waals surface area contributed by atoms with Crippen molar-refractivity contribution in [2.24, 2.45) is 0 Å². The normalized spacial score (nSPS) is 23.8. The summed E-state index contributed by atoms with van der Waals surface area (Å²) in [6.07, 6.45) is 2.37. The van der Waals surface area contributed by atoms with E-state index in [0.717, 1.165) is 30.9 Å². The summed E-state index contributed by atoms with van der Waals surface area (Å²) in [7, 11) is 0. The van der Waals surface area contributed by atoms with Crippen molar-refractivity contribution in [3.05, 3.63) is 24.3 Å². The third-order valence-corrected chi connectivity index (χ3v) is 3.82. The number of carbonyl (C=O) groups excluding carboxylic acids is 1. The molecule has 0 aliphatic carbocycles. The zero-order valence-electron chi connectivity index (χ0n) is 13.0. The highest BCUT2D eigenvalue weighted by molar-refractivity contribution is 5.95. The van der Waals surface area contributed by atoms with Gasteiger partial charge in [0, 0.05) is 18.8 Å². The van der Waals surface area contributed by atoms with E-state index in [0.29, 0.717) is 26.4 Å². The monoisotopic (exact) mass is 342 g/mol. The summed E-state index contributed by atoms with van der Waals surface area (Å²) in [4.78, 5) is 12.1. The summed E-state index contributed by atoms with van der Waals surface area (Å²) >= 11 is 0. The topological polar surface area (TPSA) is 68.8 Å². The molecule has 7 heteroatoms. The minimum atomic E-state index is -0.288. The minimum absolute atomic E-state index is 0. The van der Waals surface area contributed by atoms with Crippen molar-refractivity contribution < 1.29 is 19.0 Å². The van der Waals surface area contributed by atoms with E-state index in [-0.39, 0.29) is 30.5 Å². The molecule has 128 valence electrons. The molecule has 0 bridgehead atoms. The van der Waals surface area contributed by atoms with Gasteiger partial charge in [-0.3, -0.25) is 4.79 Å². The van der Waals surface area contributed by atoms with Crippen LogP contribution in [0.4, 0.5) is 5.69 Å². The Bertz CT molecular complexity index is 485. The summed E-state index contributed by atoms with van der Waals surface area (Å²) in [6, 6.07) is 7.10. The first kappa shape index (κ1) is 18.0. The Morgan fingerprint density at radius 2 is 2.13 bits per heavy atom. The van der Waals surface area contributed by atoms with Gasteiger partial charge in [-0.15, -0.1) is 12.4 Å². The van der Waals surface area contributed by atoms with Crippen molar-refractivity contribution in [2.45, 2.75) is 25.0 Å². The first-order valence-corrected chi connectivity index (χ1v) is 7.78. The number of halogens is 1. The zero-order chi connectivity index (χ0) is 15.2. The molecule has 3 rings (SSSR count). The van der Waals surface area contributed by atoms with Gasteiger partial charge in [0.05, 0.1) is 19.3 Å². The summed E-state index contributed by atoms with van der Waals surface area (Å²) in [5.41, 5.74) is 0.752. The Balaban J connectivity index is 0.00000192. The smallest absolute Gasteiger partial charge is 0.243 e. The van der Waals surface area contributed by atoms with Crippen LogP contribution in [0.3, 0.4) is 0 Å². The molecule has 2 unspecified atom stereocenters. The van der Waals surface area contributed by atoms with E-state index < -0.39 is 0 Å². The molecule has 0 aromatic heterocycles. The van der Waals surface area contributed by atoms with Crippen LogP contribution in [0, 0.1) is 0 Å². The first-order chi connectivity index (χ1) is 10.8. The molecular formula is C16H23ClN2O4. The van der Waals surface area contributed by atoms with Gasteiger partial charge in [0.1, 0.15) is 18.4 Å². The first-order valence-electron chi connectivity index (χ1n) is 7.78. The molecule has 0 spiro atoms. The van der Waals surface area contributed by atoms with E-state index >= 15 is 0 Å². The number of ether oxygens (including phenoxy) is 3. The van der Waals surface area contributed by atoms with Gasteiger partial charge in [-0.05, 0) is 37.1 Å². The molecule has 2 aliphatic heterocycles. The van der Waals surface area contributed by atoms with Gasteiger partial charge in [0.15, 0.2) is 0 Å². The van der Waals surface area contributed by atoms with Gasteiger partial charge in [-0.1, -0.05) is 0 Å². The lowest BCUT2D eigenvalue weighted by Crippen LogP contribution is -2.48. The van der Waals surface area contributed by atoms with E-state index in [9.17, 15) is 4.79 Å². The average molecular weight is 343 g/mol. The number of amides is 1. The fourth-order valence-corrected chi connectivity index (χ4v) is 2.56. The molecule has 0 radical (unpaired) electrons. The third-order valence-electron chi connectivity index (χ3n) is 3.82. The quantitative estimate of drug-likeness (QED) is 0.850. The van der Waals surface area contributed by atoms with Crippen molar-refractivity contribution in [3.63, 3.8) is 0 Å². The molecule has 1 aromatic carbocycles. The predicted molar refractivity (Wildman–Crippen MR) is 89.4 cm³/mol. The summed E-state index contributed by atoms with van der Waals surface area (Å²) in [6.45, 7) is 3.18. The summed E-state index contributed by atoms with van der Waals surface area (Å²) in [5, 5.41) is 6.00. The number of carbonyl (C=O) groups is 1. The maximum Gasteiger partial charge on any atom is 0.243 e. The highest BCUT2D eigenvalue weighted by atomic mass is 35.5. The van der Waals surface area contributed by atoms with Gasteiger partial charge in [-0.2, -0.15) is 0 Å². The molecule has 2 fully saturated rings. The van der Waals surface area contributed by atoms with Crippen LogP contribution in [0.15, 0.2) is 24.3 Å². The Labute approximate surface area is 142 Å². The lowest BCUT2D eigenvalue weighted by Gasteiger charge is -2.22. The Morgan fingerprint density at radius 3 is 2.78 bits per heavy atom. The van der Waals surface area contributed by atoms with E-state index in [1.807, 2.05) is 24.3 Å². The number of anilines is 1. The van der Waals surface area contributed by atoms with Gasteiger partial charge >= 0.3 is 0 Å². The van der Waals surface area contributed by atoms with Crippen LogP contribution in [-0.4, -0.2) is 51.0 Å². The van der Waals surface area contributed by atoms with Gasteiger partial charge in [0.2, 0.25) is 5.91 Å². The SMILES string of the molecule is Cl.O=C(Nc1ccc(OCC2CCCO2)cc1)C1COCCN1. The van der Waals surface area contributed by atoms with Crippen LogP contribution in [0.1, 0.15) is 12.8 Å². The molecular weight excluding hydrogens is 320 g/mol.